The Kier molecular flexibility index (Phi) is 3.50. The van der Waals surface area contributed by atoms with Gasteiger partial charge in [0, 0.05) is 29.8 Å². The van der Waals surface area contributed by atoms with Crippen LogP contribution in [0.25, 0.3) is 10.9 Å². The lowest BCUT2D eigenvalue weighted by Crippen LogP contribution is -2.26. The van der Waals surface area contributed by atoms with E-state index < -0.39 is 108 Å². The van der Waals surface area contributed by atoms with E-state index in [1.54, 1.807) is 0 Å². The van der Waals surface area contributed by atoms with Crippen LogP contribution in [0.2, 0.25) is 0 Å². The molecule has 5 rings (SSSR count). The summed E-state index contributed by atoms with van der Waals surface area (Å²) in [6, 6.07) is 0.285. The van der Waals surface area contributed by atoms with Crippen LogP contribution in [-0.4, -0.2) is 39.5 Å². The second kappa shape index (κ2) is 8.77. The molecular formula is C28H30F3NO5. The average Bonchev–Trinajstić information content (AvgIpc) is 3.61. The Morgan fingerprint density at radius 2 is 2.03 bits per heavy atom. The smallest absolute Gasteiger partial charge is 0.395 e. The zero-order valence-electron chi connectivity index (χ0n) is 31.6. The summed E-state index contributed by atoms with van der Waals surface area (Å²) in [5.41, 5.74) is -6.96. The molecule has 2 atom stereocenters. The van der Waals surface area contributed by atoms with E-state index in [2.05, 4.69) is 9.47 Å². The summed E-state index contributed by atoms with van der Waals surface area (Å²) in [5.74, 6) is -2.96. The number of Topliss-reactive ketones (excluding diaryl/α,β-unsaturated/α-hetero) is 1. The predicted octanol–water partition coefficient (Wildman–Crippen LogP) is 4.99. The van der Waals surface area contributed by atoms with E-state index in [1.807, 2.05) is 0 Å². The number of halogens is 3. The van der Waals surface area contributed by atoms with Crippen molar-refractivity contribution < 1.29 is 54.1 Å². The second-order valence-corrected chi connectivity index (χ2v) is 9.12. The van der Waals surface area contributed by atoms with E-state index in [-0.39, 0.29) is 34.5 Å². The van der Waals surface area contributed by atoms with Crippen molar-refractivity contribution in [2.75, 3.05) is 6.56 Å². The number of fused-ring (bicyclic) bond motifs is 2. The zero-order chi connectivity index (χ0) is 37.2. The predicted molar refractivity (Wildman–Crippen MR) is 131 cm³/mol. The van der Waals surface area contributed by atoms with Crippen LogP contribution >= 0.6 is 0 Å². The van der Waals surface area contributed by atoms with Gasteiger partial charge in [0.05, 0.1) is 39.7 Å². The van der Waals surface area contributed by atoms with Gasteiger partial charge in [-0.25, -0.2) is 4.39 Å². The van der Waals surface area contributed by atoms with E-state index in [1.165, 1.54) is 6.07 Å². The number of hydrogen-bond donors (Lipinski definition) is 2. The number of aliphatic hydroxyl groups is 2. The number of nitrogens with zero attached hydrogens (tertiary/aromatic N) is 1. The minimum atomic E-state index is -3.94. The summed E-state index contributed by atoms with van der Waals surface area (Å²) in [6.45, 7) is -9.31. The number of aliphatic hydroxyl groups excluding tert-OH is 1. The minimum Gasteiger partial charge on any atom is -0.395 e. The molecule has 37 heavy (non-hydrogen) atoms. The number of ketones is 1. The van der Waals surface area contributed by atoms with Gasteiger partial charge in [-0.3, -0.25) is 4.79 Å². The standard InChI is InChI=1S/C28H30F3NO5/c1-4-26(2,3)24-10-17-9-16(20(29)13-21(17)32(24)14-19(34)15-33)11-25(35)27(7-8-27)18-5-6-22-23(12-18)37-28(30,31)36-22/h5-6,9-10,12-13,19,33-34H,4,7-8,11,14-15H2,1-3H3/t19-/m1/s1/i2D3,4D2,9D,10D,13D,14D2,15D2/t19-,26?. The normalized spacial score (nSPS) is 25.8. The molecule has 6 nitrogen and oxygen atoms in total. The summed E-state index contributed by atoms with van der Waals surface area (Å²) in [7, 11) is 0. The van der Waals surface area contributed by atoms with Gasteiger partial charge in [0.2, 0.25) is 0 Å². The van der Waals surface area contributed by atoms with Crippen molar-refractivity contribution in [3.05, 3.63) is 59.0 Å². The highest BCUT2D eigenvalue weighted by Crippen LogP contribution is 2.52. The minimum absolute atomic E-state index is 0.0664. The summed E-state index contributed by atoms with van der Waals surface area (Å²) >= 11 is 0. The maximum absolute atomic E-state index is 16.2. The number of aromatic nitrogens is 1. The van der Waals surface area contributed by atoms with E-state index in [9.17, 15) is 23.8 Å². The first-order valence-electron chi connectivity index (χ1n) is 17.2. The van der Waals surface area contributed by atoms with Crippen LogP contribution in [-0.2, 0) is 28.5 Å². The Morgan fingerprint density at radius 3 is 2.68 bits per heavy atom. The van der Waals surface area contributed by atoms with Crippen LogP contribution in [0.5, 0.6) is 11.5 Å². The van der Waals surface area contributed by atoms with Crippen molar-refractivity contribution in [2.45, 2.75) is 76.1 Å². The van der Waals surface area contributed by atoms with E-state index in [0.717, 1.165) is 26.0 Å². The lowest BCUT2D eigenvalue weighted by Gasteiger charge is -2.26. The van der Waals surface area contributed by atoms with Gasteiger partial charge in [-0.2, -0.15) is 0 Å². The number of hydrogen-bond acceptors (Lipinski definition) is 5. The Morgan fingerprint density at radius 1 is 1.30 bits per heavy atom. The van der Waals surface area contributed by atoms with Gasteiger partial charge in [0.1, 0.15) is 11.6 Å². The molecule has 2 aliphatic rings. The molecule has 0 saturated heterocycles. The van der Waals surface area contributed by atoms with Crippen molar-refractivity contribution >= 4 is 16.7 Å². The molecular weight excluding hydrogens is 487 g/mol. The van der Waals surface area contributed by atoms with Crippen LogP contribution < -0.4 is 9.47 Å². The van der Waals surface area contributed by atoms with Crippen LogP contribution in [0.1, 0.15) is 73.2 Å². The molecule has 1 aromatic heterocycles. The van der Waals surface area contributed by atoms with Crippen LogP contribution in [0.3, 0.4) is 0 Å². The monoisotopic (exact) mass is 529 g/mol. The first-order chi connectivity index (χ1) is 22.0. The van der Waals surface area contributed by atoms with Crippen molar-refractivity contribution in [2.24, 2.45) is 0 Å². The van der Waals surface area contributed by atoms with Crippen LogP contribution in [0.15, 0.2) is 36.3 Å². The zero-order valence-corrected chi connectivity index (χ0v) is 19.6. The van der Waals surface area contributed by atoms with Gasteiger partial charge in [-0.05, 0) is 60.6 Å². The first-order valence-corrected chi connectivity index (χ1v) is 11.2. The Labute approximate surface area is 229 Å². The number of benzene rings is 2. The fourth-order valence-corrected chi connectivity index (χ4v) is 4.35. The van der Waals surface area contributed by atoms with Crippen molar-refractivity contribution in [3.8, 4) is 11.5 Å². The van der Waals surface area contributed by atoms with E-state index in [4.69, 9.17) is 16.4 Å². The summed E-state index contributed by atoms with van der Waals surface area (Å²) in [6.07, 6.45) is -10.4. The molecule has 1 aliphatic heterocycles. The van der Waals surface area contributed by atoms with Gasteiger partial charge in [0.25, 0.3) is 0 Å². The molecule has 0 spiro atoms. The number of carbonyl (C=O) groups is 1. The molecule has 0 bridgehead atoms. The van der Waals surface area contributed by atoms with E-state index >= 15 is 4.39 Å². The Bertz CT molecular complexity index is 1870. The molecule has 0 amide bonds. The molecule has 0 radical (unpaired) electrons. The number of carbonyl (C=O) groups excluding carboxylic acids is 1. The molecule has 1 aliphatic carbocycles. The maximum atomic E-state index is 16.2. The largest absolute Gasteiger partial charge is 0.586 e. The Hall–Kier alpha value is -3.04. The lowest BCUT2D eigenvalue weighted by molar-refractivity contribution is -0.286. The van der Waals surface area contributed by atoms with Gasteiger partial charge in [-0.15, -0.1) is 8.78 Å². The third kappa shape index (κ3) is 4.48. The molecule has 3 aromatic rings. The summed E-state index contributed by atoms with van der Waals surface area (Å²) in [5, 5.41) is 19.7. The van der Waals surface area contributed by atoms with E-state index in [0.29, 0.717) is 0 Å². The number of ether oxygens (including phenoxy) is 2. The highest BCUT2D eigenvalue weighted by molar-refractivity contribution is 5.95. The topological polar surface area (TPSA) is 80.9 Å². The van der Waals surface area contributed by atoms with Crippen molar-refractivity contribution in [1.29, 1.82) is 0 Å². The number of alkyl halides is 2. The van der Waals surface area contributed by atoms with Crippen LogP contribution in [0, 0.1) is 5.82 Å². The molecule has 2 N–H and O–H groups in total. The third-order valence-electron chi connectivity index (χ3n) is 6.62. The fourth-order valence-electron chi connectivity index (χ4n) is 4.35. The van der Waals surface area contributed by atoms with Crippen molar-refractivity contribution in [3.63, 3.8) is 0 Å². The van der Waals surface area contributed by atoms with Gasteiger partial charge < -0.3 is 24.3 Å². The summed E-state index contributed by atoms with van der Waals surface area (Å²) in [4.78, 5) is 13.7. The van der Waals surface area contributed by atoms with Crippen molar-refractivity contribution in [1.82, 2.24) is 4.57 Å². The third-order valence-corrected chi connectivity index (χ3v) is 6.62. The fraction of sp³-hybridized carbons (Fsp3) is 0.464. The molecule has 198 valence electrons. The summed E-state index contributed by atoms with van der Waals surface area (Å²) < 4.78 is 153. The highest BCUT2D eigenvalue weighted by atomic mass is 19.3. The first kappa shape index (κ1) is 14.8. The number of rotatable bonds is 9. The maximum Gasteiger partial charge on any atom is 0.586 e. The molecule has 2 aromatic carbocycles. The quantitative estimate of drug-likeness (QED) is 0.409. The van der Waals surface area contributed by atoms with Gasteiger partial charge >= 0.3 is 6.29 Å². The Balaban J connectivity index is 1.75. The van der Waals surface area contributed by atoms with Gasteiger partial charge in [0.15, 0.2) is 11.5 Å². The molecule has 1 unspecified atom stereocenters. The molecule has 1 saturated carbocycles. The van der Waals surface area contributed by atoms with Gasteiger partial charge in [-0.1, -0.05) is 26.8 Å². The highest BCUT2D eigenvalue weighted by Gasteiger charge is 2.52. The molecule has 1 fully saturated rings. The molecule has 9 heteroatoms. The second-order valence-electron chi connectivity index (χ2n) is 9.12. The SMILES string of the molecule is [2H]c1c(CC(=O)C2(c3ccc4c(c3)OC(F)(F)O4)CC2)c(F)c([2H])c2c1c([2H])c(C(C)(C([2H])([2H])[2H])C([2H])([2H])C)n2C([2H])([2H])[C@@H](O)C([2H])([2H])O. The lowest BCUT2D eigenvalue weighted by atomic mass is 9.86. The van der Waals surface area contributed by atoms with Crippen LogP contribution in [0.4, 0.5) is 13.2 Å². The molecule has 2 heterocycles. The average molecular weight is 530 g/mol.